The van der Waals surface area contributed by atoms with Gasteiger partial charge in [-0.2, -0.15) is 0 Å². The van der Waals surface area contributed by atoms with Crippen LogP contribution in [0.15, 0.2) is 48.5 Å². The van der Waals surface area contributed by atoms with Crippen LogP contribution in [0, 0.1) is 6.92 Å². The van der Waals surface area contributed by atoms with Crippen molar-refractivity contribution in [1.29, 1.82) is 0 Å². The zero-order chi connectivity index (χ0) is 17.9. The minimum absolute atomic E-state index is 0.00572. The van der Waals surface area contributed by atoms with Gasteiger partial charge in [-0.05, 0) is 55.3 Å². The van der Waals surface area contributed by atoms with E-state index in [2.05, 4.69) is 5.32 Å². The van der Waals surface area contributed by atoms with Crippen molar-refractivity contribution < 1.29 is 19.0 Å². The van der Waals surface area contributed by atoms with E-state index in [1.807, 2.05) is 55.5 Å². The maximum absolute atomic E-state index is 11.8. The van der Waals surface area contributed by atoms with Gasteiger partial charge in [0.1, 0.15) is 23.9 Å². The zero-order valence-electron chi connectivity index (χ0n) is 14.8. The molecule has 25 heavy (non-hydrogen) atoms. The van der Waals surface area contributed by atoms with Crippen LogP contribution >= 0.6 is 0 Å². The highest BCUT2D eigenvalue weighted by Crippen LogP contribution is 2.16. The smallest absolute Gasteiger partial charge is 0.220 e. The Morgan fingerprint density at radius 2 is 1.68 bits per heavy atom. The third kappa shape index (κ3) is 7.16. The van der Waals surface area contributed by atoms with Gasteiger partial charge in [0, 0.05) is 6.42 Å². The summed E-state index contributed by atoms with van der Waals surface area (Å²) in [6, 6.07) is 15.2. The van der Waals surface area contributed by atoms with Crippen molar-refractivity contribution in [3.05, 3.63) is 54.1 Å². The summed E-state index contributed by atoms with van der Waals surface area (Å²) in [5.74, 6) is 2.38. The first-order chi connectivity index (χ1) is 12.2. The van der Waals surface area contributed by atoms with Gasteiger partial charge in [-0.1, -0.05) is 12.1 Å². The molecule has 0 heterocycles. The van der Waals surface area contributed by atoms with E-state index < -0.39 is 0 Å². The first-order valence-corrected chi connectivity index (χ1v) is 8.40. The Hall–Kier alpha value is -2.69. The van der Waals surface area contributed by atoms with E-state index in [0.29, 0.717) is 32.6 Å². The number of ether oxygens (including phenoxy) is 3. The van der Waals surface area contributed by atoms with Crippen LogP contribution in [-0.2, 0) is 4.79 Å². The summed E-state index contributed by atoms with van der Waals surface area (Å²) in [4.78, 5) is 11.8. The molecule has 1 amide bonds. The van der Waals surface area contributed by atoms with Crippen LogP contribution in [0.1, 0.15) is 18.4 Å². The molecule has 0 aliphatic heterocycles. The van der Waals surface area contributed by atoms with Crippen molar-refractivity contribution in [3.8, 4) is 17.2 Å². The van der Waals surface area contributed by atoms with Gasteiger partial charge in [0.05, 0.1) is 20.3 Å². The Bertz CT molecular complexity index is 655. The fraction of sp³-hybridized carbons (Fsp3) is 0.350. The summed E-state index contributed by atoms with van der Waals surface area (Å²) in [6.07, 6.45) is 1.12. The molecule has 0 radical (unpaired) electrons. The molecule has 0 bridgehead atoms. The molecule has 2 aromatic carbocycles. The summed E-state index contributed by atoms with van der Waals surface area (Å²) in [7, 11) is 1.62. The molecule has 0 aliphatic rings. The van der Waals surface area contributed by atoms with Crippen LogP contribution in [0.5, 0.6) is 17.2 Å². The number of rotatable bonds is 10. The maximum Gasteiger partial charge on any atom is 0.220 e. The molecule has 0 aromatic heterocycles. The first-order valence-electron chi connectivity index (χ1n) is 8.40. The molecule has 5 nitrogen and oxygen atoms in total. The van der Waals surface area contributed by atoms with E-state index in [1.54, 1.807) is 7.11 Å². The molecule has 5 heteroatoms. The van der Waals surface area contributed by atoms with Gasteiger partial charge in [0.25, 0.3) is 0 Å². The summed E-state index contributed by atoms with van der Waals surface area (Å²) in [5, 5.41) is 2.84. The van der Waals surface area contributed by atoms with Crippen molar-refractivity contribution in [2.75, 3.05) is 26.9 Å². The third-order valence-electron chi connectivity index (χ3n) is 3.56. The van der Waals surface area contributed by atoms with Crippen LogP contribution in [0.2, 0.25) is 0 Å². The van der Waals surface area contributed by atoms with Crippen LogP contribution in [0.3, 0.4) is 0 Å². The van der Waals surface area contributed by atoms with Crippen molar-refractivity contribution in [3.63, 3.8) is 0 Å². The highest BCUT2D eigenvalue weighted by atomic mass is 16.5. The average molecular weight is 343 g/mol. The molecule has 0 unspecified atom stereocenters. The molecule has 1 N–H and O–H groups in total. The summed E-state index contributed by atoms with van der Waals surface area (Å²) in [5.41, 5.74) is 1.16. The van der Waals surface area contributed by atoms with Gasteiger partial charge in [0.2, 0.25) is 5.91 Å². The quantitative estimate of drug-likeness (QED) is 0.672. The molecule has 134 valence electrons. The van der Waals surface area contributed by atoms with Crippen molar-refractivity contribution >= 4 is 5.91 Å². The summed E-state index contributed by atoms with van der Waals surface area (Å²) >= 11 is 0. The Morgan fingerprint density at radius 3 is 2.40 bits per heavy atom. The molecule has 0 fully saturated rings. The Morgan fingerprint density at radius 1 is 0.960 bits per heavy atom. The van der Waals surface area contributed by atoms with Gasteiger partial charge in [-0.3, -0.25) is 4.79 Å². The van der Waals surface area contributed by atoms with E-state index >= 15 is 0 Å². The topological polar surface area (TPSA) is 56.8 Å². The van der Waals surface area contributed by atoms with Gasteiger partial charge < -0.3 is 19.5 Å². The number of amides is 1. The normalized spacial score (nSPS) is 10.2. The Kier molecular flexibility index (Phi) is 7.63. The largest absolute Gasteiger partial charge is 0.497 e. The van der Waals surface area contributed by atoms with E-state index in [-0.39, 0.29) is 5.91 Å². The van der Waals surface area contributed by atoms with Crippen LogP contribution in [0.4, 0.5) is 0 Å². The second kappa shape index (κ2) is 10.2. The number of carbonyl (C=O) groups is 1. The van der Waals surface area contributed by atoms with E-state index in [4.69, 9.17) is 14.2 Å². The van der Waals surface area contributed by atoms with Crippen molar-refractivity contribution in [1.82, 2.24) is 5.32 Å². The van der Waals surface area contributed by atoms with Crippen LogP contribution in [-0.4, -0.2) is 32.8 Å². The Labute approximate surface area is 148 Å². The van der Waals surface area contributed by atoms with Gasteiger partial charge in [-0.15, -0.1) is 0 Å². The summed E-state index contributed by atoms with van der Waals surface area (Å²) in [6.45, 7) is 3.45. The number of aryl methyl sites for hydroxylation is 1. The molecular weight excluding hydrogens is 318 g/mol. The van der Waals surface area contributed by atoms with E-state index in [0.717, 1.165) is 22.8 Å². The molecular formula is C20H25NO4. The standard InChI is InChI=1S/C20H25NO4/c1-16-5-3-6-19(15-16)24-13-4-7-20(22)21-12-14-25-18-10-8-17(23-2)9-11-18/h3,5-6,8-11,15H,4,7,12-14H2,1-2H3,(H,21,22). The highest BCUT2D eigenvalue weighted by Gasteiger charge is 2.02. The van der Waals surface area contributed by atoms with E-state index in [1.165, 1.54) is 0 Å². The average Bonchev–Trinajstić information content (AvgIpc) is 2.63. The van der Waals surface area contributed by atoms with Crippen LogP contribution < -0.4 is 19.5 Å². The number of hydrogen-bond donors (Lipinski definition) is 1. The monoisotopic (exact) mass is 343 g/mol. The minimum Gasteiger partial charge on any atom is -0.497 e. The molecule has 0 spiro atoms. The first kappa shape index (κ1) is 18.6. The predicted octanol–water partition coefficient (Wildman–Crippen LogP) is 3.36. The predicted molar refractivity (Wildman–Crippen MR) is 97.4 cm³/mol. The van der Waals surface area contributed by atoms with Gasteiger partial charge in [0.15, 0.2) is 0 Å². The highest BCUT2D eigenvalue weighted by molar-refractivity contribution is 5.75. The lowest BCUT2D eigenvalue weighted by molar-refractivity contribution is -0.121. The van der Waals surface area contributed by atoms with E-state index in [9.17, 15) is 4.79 Å². The number of carbonyl (C=O) groups excluding carboxylic acids is 1. The van der Waals surface area contributed by atoms with Gasteiger partial charge >= 0.3 is 0 Å². The number of benzene rings is 2. The second-order valence-corrected chi connectivity index (χ2v) is 5.64. The van der Waals surface area contributed by atoms with Crippen molar-refractivity contribution in [2.45, 2.75) is 19.8 Å². The van der Waals surface area contributed by atoms with Crippen molar-refractivity contribution in [2.24, 2.45) is 0 Å². The summed E-state index contributed by atoms with van der Waals surface area (Å²) < 4.78 is 16.3. The molecule has 0 saturated carbocycles. The second-order valence-electron chi connectivity index (χ2n) is 5.64. The fourth-order valence-electron chi connectivity index (χ4n) is 2.25. The fourth-order valence-corrected chi connectivity index (χ4v) is 2.25. The molecule has 2 rings (SSSR count). The Balaban J connectivity index is 1.53. The minimum atomic E-state index is 0.00572. The molecule has 2 aromatic rings. The zero-order valence-corrected chi connectivity index (χ0v) is 14.8. The SMILES string of the molecule is COc1ccc(OCCNC(=O)CCCOc2cccc(C)c2)cc1. The number of hydrogen-bond acceptors (Lipinski definition) is 4. The molecule has 0 saturated heterocycles. The maximum atomic E-state index is 11.8. The number of methoxy groups -OCH3 is 1. The lowest BCUT2D eigenvalue weighted by Crippen LogP contribution is -2.28. The molecule has 0 atom stereocenters. The molecule has 0 aliphatic carbocycles. The lowest BCUT2D eigenvalue weighted by atomic mass is 10.2. The number of nitrogens with one attached hydrogen (secondary N) is 1. The van der Waals surface area contributed by atoms with Gasteiger partial charge in [-0.25, -0.2) is 0 Å². The third-order valence-corrected chi connectivity index (χ3v) is 3.56. The van der Waals surface area contributed by atoms with Crippen LogP contribution in [0.25, 0.3) is 0 Å². The lowest BCUT2D eigenvalue weighted by Gasteiger charge is -2.09.